The molecule has 0 aliphatic carbocycles. The summed E-state index contributed by atoms with van der Waals surface area (Å²) < 4.78 is 0. The molecule has 0 aromatic heterocycles. The highest BCUT2D eigenvalue weighted by atomic mass is 14.0. The summed E-state index contributed by atoms with van der Waals surface area (Å²) in [5.41, 5.74) is 1.55. The molecule has 0 nitrogen and oxygen atoms in total. The largest absolute Gasteiger partial charge is 0.0853 e. The van der Waals surface area contributed by atoms with Crippen molar-refractivity contribution in [2.75, 3.05) is 0 Å². The molecule has 0 spiro atoms. The van der Waals surface area contributed by atoms with Crippen molar-refractivity contribution in [3.05, 3.63) is 11.6 Å². The van der Waals surface area contributed by atoms with Gasteiger partial charge in [-0.1, -0.05) is 39.3 Å². The Morgan fingerprint density at radius 1 is 1.09 bits per heavy atom. The fourth-order valence-electron chi connectivity index (χ4n) is 1.16. The van der Waals surface area contributed by atoms with Gasteiger partial charge < -0.3 is 0 Å². The summed E-state index contributed by atoms with van der Waals surface area (Å²) in [7, 11) is 0. The van der Waals surface area contributed by atoms with Crippen molar-refractivity contribution in [1.82, 2.24) is 0 Å². The van der Waals surface area contributed by atoms with E-state index in [0.717, 1.165) is 11.8 Å². The molecule has 0 rings (SSSR count). The van der Waals surface area contributed by atoms with E-state index in [2.05, 4.69) is 40.7 Å². The highest BCUT2D eigenvalue weighted by Crippen LogP contribution is 2.12. The van der Waals surface area contributed by atoms with Crippen LogP contribution in [0.25, 0.3) is 0 Å². The van der Waals surface area contributed by atoms with Crippen molar-refractivity contribution in [3.63, 3.8) is 0 Å². The third-order valence-electron chi connectivity index (χ3n) is 1.67. The Morgan fingerprint density at radius 3 is 2.00 bits per heavy atom. The first-order chi connectivity index (χ1) is 5.02. The summed E-state index contributed by atoms with van der Waals surface area (Å²) in [5.74, 6) is 1.61. The van der Waals surface area contributed by atoms with Gasteiger partial charge in [-0.05, 0) is 31.6 Å². The Kier molecular flexibility index (Phi) is 5.27. The van der Waals surface area contributed by atoms with Gasteiger partial charge >= 0.3 is 0 Å². The van der Waals surface area contributed by atoms with Gasteiger partial charge in [-0.15, -0.1) is 0 Å². The molecule has 0 aliphatic rings. The zero-order valence-electron chi connectivity index (χ0n) is 8.65. The second-order valence-corrected chi connectivity index (χ2v) is 4.28. The van der Waals surface area contributed by atoms with Gasteiger partial charge in [0.05, 0.1) is 0 Å². The predicted octanol–water partition coefficient (Wildman–Crippen LogP) is 4.02. The summed E-state index contributed by atoms with van der Waals surface area (Å²) >= 11 is 0. The average Bonchev–Trinajstić information content (AvgIpc) is 1.82. The molecule has 0 radical (unpaired) electrons. The van der Waals surface area contributed by atoms with Crippen molar-refractivity contribution >= 4 is 0 Å². The second kappa shape index (κ2) is 5.40. The minimum atomic E-state index is 0.803. The molecule has 11 heavy (non-hydrogen) atoms. The maximum absolute atomic E-state index is 2.38. The number of hydrogen-bond acceptors (Lipinski definition) is 0. The standard InChI is InChI=1S/C11H22/c1-9(2)6-7-11(5)8-10(3)4/h7,9-10H,6,8H2,1-5H3/b11-7-. The molecule has 0 aromatic carbocycles. The maximum Gasteiger partial charge on any atom is -0.0300 e. The molecule has 0 aromatic rings. The van der Waals surface area contributed by atoms with Crippen molar-refractivity contribution in [3.8, 4) is 0 Å². The topological polar surface area (TPSA) is 0 Å². The van der Waals surface area contributed by atoms with E-state index in [1.807, 2.05) is 0 Å². The highest BCUT2D eigenvalue weighted by Gasteiger charge is 1.95. The molecule has 0 N–H and O–H groups in total. The van der Waals surface area contributed by atoms with Crippen molar-refractivity contribution in [1.29, 1.82) is 0 Å². The molecule has 0 unspecified atom stereocenters. The quantitative estimate of drug-likeness (QED) is 0.536. The van der Waals surface area contributed by atoms with Crippen LogP contribution in [0.2, 0.25) is 0 Å². The van der Waals surface area contributed by atoms with Gasteiger partial charge in [-0.2, -0.15) is 0 Å². The number of allylic oxidation sites excluding steroid dienone is 2. The Morgan fingerprint density at radius 2 is 1.64 bits per heavy atom. The lowest BCUT2D eigenvalue weighted by Crippen LogP contribution is -1.89. The van der Waals surface area contributed by atoms with Crippen molar-refractivity contribution in [2.24, 2.45) is 11.8 Å². The summed E-state index contributed by atoms with van der Waals surface area (Å²) in [5, 5.41) is 0. The summed E-state index contributed by atoms with van der Waals surface area (Å²) in [6.45, 7) is 11.3. The van der Waals surface area contributed by atoms with E-state index in [-0.39, 0.29) is 0 Å². The highest BCUT2D eigenvalue weighted by molar-refractivity contribution is 4.98. The van der Waals surface area contributed by atoms with Crippen LogP contribution in [-0.2, 0) is 0 Å². The van der Waals surface area contributed by atoms with Crippen LogP contribution in [0.4, 0.5) is 0 Å². The Labute approximate surface area is 71.7 Å². The van der Waals surface area contributed by atoms with E-state index in [1.54, 1.807) is 5.57 Å². The normalized spacial score (nSPS) is 13.2. The van der Waals surface area contributed by atoms with Crippen LogP contribution in [0.1, 0.15) is 47.5 Å². The van der Waals surface area contributed by atoms with Crippen LogP contribution < -0.4 is 0 Å². The van der Waals surface area contributed by atoms with E-state index < -0.39 is 0 Å². The zero-order valence-corrected chi connectivity index (χ0v) is 8.65. The van der Waals surface area contributed by atoms with Gasteiger partial charge in [0, 0.05) is 0 Å². The lowest BCUT2D eigenvalue weighted by Gasteiger charge is -2.05. The second-order valence-electron chi connectivity index (χ2n) is 4.28. The lowest BCUT2D eigenvalue weighted by molar-refractivity contribution is 0.625. The van der Waals surface area contributed by atoms with Crippen LogP contribution in [0.15, 0.2) is 11.6 Å². The summed E-state index contributed by atoms with van der Waals surface area (Å²) in [6.07, 6.45) is 4.87. The predicted molar refractivity (Wildman–Crippen MR) is 52.7 cm³/mol. The molecule has 0 bridgehead atoms. The van der Waals surface area contributed by atoms with Crippen molar-refractivity contribution in [2.45, 2.75) is 47.5 Å². The van der Waals surface area contributed by atoms with E-state index in [1.165, 1.54) is 12.8 Å². The third-order valence-corrected chi connectivity index (χ3v) is 1.67. The average molecular weight is 154 g/mol. The SMILES string of the molecule is C/C(=C/CC(C)C)CC(C)C. The first kappa shape index (κ1) is 10.7. The Hall–Kier alpha value is -0.260. The molecule has 0 fully saturated rings. The van der Waals surface area contributed by atoms with Crippen LogP contribution in [0.5, 0.6) is 0 Å². The molecule has 0 atom stereocenters. The molecule has 0 heterocycles. The molecule has 0 saturated carbocycles. The maximum atomic E-state index is 2.38. The minimum absolute atomic E-state index is 0.803. The number of hydrogen-bond donors (Lipinski definition) is 0. The van der Waals surface area contributed by atoms with Crippen molar-refractivity contribution < 1.29 is 0 Å². The van der Waals surface area contributed by atoms with Gasteiger partial charge in [0.15, 0.2) is 0 Å². The smallest absolute Gasteiger partial charge is 0.0300 e. The van der Waals surface area contributed by atoms with E-state index in [9.17, 15) is 0 Å². The summed E-state index contributed by atoms with van der Waals surface area (Å²) in [4.78, 5) is 0. The monoisotopic (exact) mass is 154 g/mol. The minimum Gasteiger partial charge on any atom is -0.0853 e. The first-order valence-electron chi connectivity index (χ1n) is 4.68. The van der Waals surface area contributed by atoms with E-state index in [4.69, 9.17) is 0 Å². The molecular weight excluding hydrogens is 132 g/mol. The van der Waals surface area contributed by atoms with E-state index in [0.29, 0.717) is 0 Å². The number of rotatable bonds is 4. The molecule has 0 saturated heterocycles. The first-order valence-corrected chi connectivity index (χ1v) is 4.68. The van der Waals surface area contributed by atoms with Crippen LogP contribution in [0.3, 0.4) is 0 Å². The molecule has 0 heteroatoms. The Bertz CT molecular complexity index is 118. The van der Waals surface area contributed by atoms with Crippen LogP contribution in [0, 0.1) is 11.8 Å². The molecule has 66 valence electrons. The van der Waals surface area contributed by atoms with Gasteiger partial charge in [0.2, 0.25) is 0 Å². The van der Waals surface area contributed by atoms with E-state index >= 15 is 0 Å². The molecule has 0 amide bonds. The van der Waals surface area contributed by atoms with Crippen LogP contribution in [-0.4, -0.2) is 0 Å². The van der Waals surface area contributed by atoms with Crippen LogP contribution >= 0.6 is 0 Å². The fourth-order valence-corrected chi connectivity index (χ4v) is 1.16. The summed E-state index contributed by atoms with van der Waals surface area (Å²) in [6, 6.07) is 0. The zero-order chi connectivity index (χ0) is 8.85. The third kappa shape index (κ3) is 7.64. The molecule has 0 aliphatic heterocycles. The molecular formula is C11H22. The van der Waals surface area contributed by atoms with Gasteiger partial charge in [0.25, 0.3) is 0 Å². The fraction of sp³-hybridized carbons (Fsp3) is 0.818. The lowest BCUT2D eigenvalue weighted by atomic mass is 10.0. The van der Waals surface area contributed by atoms with Gasteiger partial charge in [0.1, 0.15) is 0 Å². The Balaban J connectivity index is 3.63. The van der Waals surface area contributed by atoms with Gasteiger partial charge in [-0.25, -0.2) is 0 Å². The van der Waals surface area contributed by atoms with Gasteiger partial charge in [-0.3, -0.25) is 0 Å².